The number of rotatable bonds is 3. The number of hydrogen-bond donors (Lipinski definition) is 2. The smallest absolute Gasteiger partial charge is 0.172 e. The molecule has 27 heavy (non-hydrogen) atoms. The third kappa shape index (κ3) is 3.20. The van der Waals surface area contributed by atoms with Crippen molar-refractivity contribution in [3.8, 4) is 28.2 Å². The molecule has 0 aliphatic heterocycles. The minimum absolute atomic E-state index is 0.329. The molecule has 2 aromatic heterocycles. The Morgan fingerprint density at radius 1 is 0.926 bits per heavy atom. The van der Waals surface area contributed by atoms with Gasteiger partial charge in [0.15, 0.2) is 5.82 Å². The number of benzene rings is 2. The van der Waals surface area contributed by atoms with Crippen molar-refractivity contribution in [2.24, 2.45) is 0 Å². The van der Waals surface area contributed by atoms with Gasteiger partial charge in [-0.15, -0.1) is 10.2 Å². The van der Waals surface area contributed by atoms with Gasteiger partial charge in [0.2, 0.25) is 0 Å². The average molecular weight is 397 g/mol. The molecule has 4 N–H and O–H groups in total. The second kappa shape index (κ2) is 6.90. The van der Waals surface area contributed by atoms with Gasteiger partial charge in [-0.3, -0.25) is 4.57 Å². The Morgan fingerprint density at radius 2 is 1.74 bits per heavy atom. The van der Waals surface area contributed by atoms with Crippen molar-refractivity contribution in [2.75, 3.05) is 11.5 Å². The molecule has 6 nitrogen and oxygen atoms in total. The number of anilines is 2. The number of nitrogens with two attached hydrogens (primary N) is 2. The molecule has 2 heterocycles. The van der Waals surface area contributed by atoms with Crippen LogP contribution in [0.2, 0.25) is 10.0 Å². The van der Waals surface area contributed by atoms with Crippen molar-refractivity contribution < 1.29 is 0 Å². The third-order valence-electron chi connectivity index (χ3n) is 4.12. The van der Waals surface area contributed by atoms with Crippen molar-refractivity contribution in [3.63, 3.8) is 0 Å². The zero-order chi connectivity index (χ0) is 19.0. The molecule has 134 valence electrons. The van der Waals surface area contributed by atoms with E-state index in [1.807, 2.05) is 36.4 Å². The summed E-state index contributed by atoms with van der Waals surface area (Å²) in [5, 5.41) is 9.06. The van der Waals surface area contributed by atoms with Crippen LogP contribution in [0.3, 0.4) is 0 Å². The van der Waals surface area contributed by atoms with Crippen LogP contribution in [0.25, 0.3) is 28.2 Å². The summed E-state index contributed by atoms with van der Waals surface area (Å²) in [4.78, 5) is 4.31. The number of hydrogen-bond acceptors (Lipinski definition) is 5. The molecule has 0 saturated carbocycles. The summed E-state index contributed by atoms with van der Waals surface area (Å²) >= 11 is 12.5. The molecule has 0 atom stereocenters. The number of nitrogen functional groups attached to an aromatic ring is 2. The lowest BCUT2D eigenvalue weighted by atomic mass is 10.0. The third-order valence-corrected chi connectivity index (χ3v) is 4.93. The van der Waals surface area contributed by atoms with Gasteiger partial charge in [0.25, 0.3) is 0 Å². The number of halogens is 2. The highest BCUT2D eigenvalue weighted by Gasteiger charge is 2.17. The van der Waals surface area contributed by atoms with E-state index in [1.54, 1.807) is 29.2 Å². The molecule has 0 saturated heterocycles. The molecule has 0 spiro atoms. The zero-order valence-electron chi connectivity index (χ0n) is 14.0. The SMILES string of the molecule is Nc1cccc(-c2cnc(N)c(-c3nncn3-c3cccc(Cl)c3Cl)c2)c1. The van der Waals surface area contributed by atoms with E-state index in [-0.39, 0.29) is 0 Å². The fourth-order valence-corrected chi connectivity index (χ4v) is 3.19. The Balaban J connectivity index is 1.87. The van der Waals surface area contributed by atoms with Crippen LogP contribution >= 0.6 is 23.2 Å². The van der Waals surface area contributed by atoms with Gasteiger partial charge in [-0.2, -0.15) is 0 Å². The fraction of sp³-hybridized carbons (Fsp3) is 0. The lowest BCUT2D eigenvalue weighted by Crippen LogP contribution is -2.02. The molecule has 2 aromatic carbocycles. The van der Waals surface area contributed by atoms with Gasteiger partial charge in [-0.1, -0.05) is 41.4 Å². The van der Waals surface area contributed by atoms with E-state index in [1.165, 1.54) is 0 Å². The monoisotopic (exact) mass is 396 g/mol. The van der Waals surface area contributed by atoms with E-state index in [4.69, 9.17) is 34.7 Å². The van der Waals surface area contributed by atoms with Gasteiger partial charge in [-0.25, -0.2) is 4.98 Å². The molecule has 8 heteroatoms. The molecule has 0 aliphatic carbocycles. The first-order valence-electron chi connectivity index (χ1n) is 8.01. The summed E-state index contributed by atoms with van der Waals surface area (Å²) in [5.41, 5.74) is 15.7. The van der Waals surface area contributed by atoms with Crippen LogP contribution in [0.4, 0.5) is 11.5 Å². The Bertz CT molecular complexity index is 1140. The first kappa shape index (κ1) is 17.3. The van der Waals surface area contributed by atoms with Crippen molar-refractivity contribution in [2.45, 2.75) is 0 Å². The molecular weight excluding hydrogens is 383 g/mol. The maximum absolute atomic E-state index is 6.36. The van der Waals surface area contributed by atoms with Crippen LogP contribution in [-0.2, 0) is 0 Å². The Morgan fingerprint density at radius 3 is 2.56 bits per heavy atom. The predicted octanol–water partition coefficient (Wildman–Crippen LogP) is 4.47. The second-order valence-electron chi connectivity index (χ2n) is 5.88. The van der Waals surface area contributed by atoms with Gasteiger partial charge in [0, 0.05) is 17.4 Å². The largest absolute Gasteiger partial charge is 0.399 e. The highest BCUT2D eigenvalue weighted by molar-refractivity contribution is 6.43. The van der Waals surface area contributed by atoms with Crippen molar-refractivity contribution in [3.05, 3.63) is 71.1 Å². The van der Waals surface area contributed by atoms with Crippen LogP contribution < -0.4 is 11.5 Å². The van der Waals surface area contributed by atoms with E-state index in [2.05, 4.69) is 15.2 Å². The van der Waals surface area contributed by atoms with E-state index in [9.17, 15) is 0 Å². The summed E-state index contributed by atoms with van der Waals surface area (Å²) in [6, 6.07) is 14.8. The molecule has 4 aromatic rings. The topological polar surface area (TPSA) is 95.6 Å². The van der Waals surface area contributed by atoms with Crippen LogP contribution in [0.5, 0.6) is 0 Å². The van der Waals surface area contributed by atoms with Crippen LogP contribution in [0.1, 0.15) is 0 Å². The average Bonchev–Trinajstić information content (AvgIpc) is 3.13. The molecule has 0 fully saturated rings. The molecule has 0 unspecified atom stereocenters. The lowest BCUT2D eigenvalue weighted by Gasteiger charge is -2.12. The van der Waals surface area contributed by atoms with Crippen LogP contribution in [0.15, 0.2) is 61.1 Å². The van der Waals surface area contributed by atoms with Crippen molar-refractivity contribution >= 4 is 34.7 Å². The van der Waals surface area contributed by atoms with Crippen molar-refractivity contribution in [1.82, 2.24) is 19.7 Å². The summed E-state index contributed by atoms with van der Waals surface area (Å²) in [6.45, 7) is 0. The summed E-state index contributed by atoms with van der Waals surface area (Å²) in [7, 11) is 0. The van der Waals surface area contributed by atoms with E-state index < -0.39 is 0 Å². The summed E-state index contributed by atoms with van der Waals surface area (Å²) in [5.74, 6) is 0.838. The summed E-state index contributed by atoms with van der Waals surface area (Å²) < 4.78 is 1.73. The van der Waals surface area contributed by atoms with E-state index in [0.29, 0.717) is 38.6 Å². The van der Waals surface area contributed by atoms with Gasteiger partial charge >= 0.3 is 0 Å². The minimum atomic E-state index is 0.329. The van der Waals surface area contributed by atoms with Crippen LogP contribution in [0, 0.1) is 0 Å². The number of nitrogens with zero attached hydrogens (tertiary/aromatic N) is 4. The molecule has 0 aliphatic rings. The maximum atomic E-state index is 6.36. The van der Waals surface area contributed by atoms with E-state index >= 15 is 0 Å². The van der Waals surface area contributed by atoms with Gasteiger partial charge < -0.3 is 11.5 Å². The Kier molecular flexibility index (Phi) is 4.43. The second-order valence-corrected chi connectivity index (χ2v) is 6.66. The normalized spacial score (nSPS) is 10.9. The number of pyridine rings is 1. The quantitative estimate of drug-likeness (QED) is 0.498. The maximum Gasteiger partial charge on any atom is 0.172 e. The number of aromatic nitrogens is 4. The van der Waals surface area contributed by atoms with Crippen LogP contribution in [-0.4, -0.2) is 19.7 Å². The highest BCUT2D eigenvalue weighted by Crippen LogP contribution is 2.33. The summed E-state index contributed by atoms with van der Waals surface area (Å²) in [6.07, 6.45) is 3.25. The van der Waals surface area contributed by atoms with Gasteiger partial charge in [0.05, 0.1) is 21.3 Å². The molecule has 4 rings (SSSR count). The van der Waals surface area contributed by atoms with Gasteiger partial charge in [-0.05, 0) is 35.9 Å². The molecular formula is C19H14Cl2N6. The first-order chi connectivity index (χ1) is 13.0. The molecule has 0 bridgehead atoms. The Hall–Kier alpha value is -3.09. The van der Waals surface area contributed by atoms with Gasteiger partial charge in [0.1, 0.15) is 12.1 Å². The first-order valence-corrected chi connectivity index (χ1v) is 8.76. The standard InChI is InChI=1S/C19H14Cl2N6/c20-15-5-2-6-16(17(15)21)27-10-25-26-19(27)14-8-12(9-24-18(14)23)11-3-1-4-13(22)7-11/h1-10H,22H2,(H2,23,24). The minimum Gasteiger partial charge on any atom is -0.399 e. The molecule has 0 amide bonds. The highest BCUT2D eigenvalue weighted by atomic mass is 35.5. The lowest BCUT2D eigenvalue weighted by molar-refractivity contribution is 1.06. The Labute approximate surface area is 165 Å². The van der Waals surface area contributed by atoms with E-state index in [0.717, 1.165) is 11.1 Å². The molecule has 0 radical (unpaired) electrons. The fourth-order valence-electron chi connectivity index (χ4n) is 2.80. The van der Waals surface area contributed by atoms with Crippen molar-refractivity contribution in [1.29, 1.82) is 0 Å². The zero-order valence-corrected chi connectivity index (χ0v) is 15.5. The predicted molar refractivity (Wildman–Crippen MR) is 109 cm³/mol.